The van der Waals surface area contributed by atoms with Crippen LogP contribution in [0.2, 0.25) is 0 Å². The Labute approximate surface area is 94.1 Å². The van der Waals surface area contributed by atoms with Crippen molar-refractivity contribution in [2.75, 3.05) is 31.2 Å². The van der Waals surface area contributed by atoms with Crippen LogP contribution in [-0.2, 0) is 16.0 Å². The third-order valence-corrected chi connectivity index (χ3v) is 3.23. The smallest absolute Gasteiger partial charge is 0.187 e. The monoisotopic (exact) mass is 224 g/mol. The Balaban J connectivity index is 1.78. The maximum Gasteiger partial charge on any atom is 0.187 e. The number of aromatic nitrogens is 3. The summed E-state index contributed by atoms with van der Waals surface area (Å²) in [5, 5.41) is 7.98. The van der Waals surface area contributed by atoms with Crippen LogP contribution in [-0.4, -0.2) is 47.1 Å². The van der Waals surface area contributed by atoms with E-state index in [-0.39, 0.29) is 5.79 Å². The molecule has 3 rings (SSSR count). The lowest BCUT2D eigenvalue weighted by Crippen LogP contribution is -2.34. The number of hydrogen-bond donors (Lipinski definition) is 0. The molecule has 1 spiro atoms. The number of anilines is 1. The number of aryl methyl sites for hydroxylation is 1. The topological polar surface area (TPSA) is 52.4 Å². The van der Waals surface area contributed by atoms with Crippen molar-refractivity contribution in [2.24, 2.45) is 0 Å². The molecule has 0 atom stereocenters. The van der Waals surface area contributed by atoms with Crippen LogP contribution in [0.3, 0.4) is 0 Å². The number of hydrogen-bond acceptors (Lipinski definition) is 5. The van der Waals surface area contributed by atoms with Crippen LogP contribution in [0.4, 0.5) is 5.82 Å². The summed E-state index contributed by atoms with van der Waals surface area (Å²) in [4.78, 5) is 2.23. The minimum Gasteiger partial charge on any atom is -0.350 e. The molecule has 6 heteroatoms. The average molecular weight is 224 g/mol. The molecule has 0 saturated carbocycles. The van der Waals surface area contributed by atoms with Crippen molar-refractivity contribution in [1.29, 1.82) is 0 Å². The molecule has 0 radical (unpaired) electrons. The Morgan fingerprint density at radius 1 is 1.44 bits per heavy atom. The van der Waals surface area contributed by atoms with Crippen LogP contribution in [0, 0.1) is 0 Å². The largest absolute Gasteiger partial charge is 0.350 e. The van der Waals surface area contributed by atoms with Gasteiger partial charge in [0.25, 0.3) is 0 Å². The highest BCUT2D eigenvalue weighted by molar-refractivity contribution is 5.38. The molecule has 2 aliphatic heterocycles. The second-order valence-corrected chi connectivity index (χ2v) is 4.19. The summed E-state index contributed by atoms with van der Waals surface area (Å²) >= 11 is 0. The fourth-order valence-corrected chi connectivity index (χ4v) is 2.40. The molecule has 2 aliphatic rings. The van der Waals surface area contributed by atoms with Crippen molar-refractivity contribution in [3.8, 4) is 0 Å². The van der Waals surface area contributed by atoms with Gasteiger partial charge in [0.15, 0.2) is 5.79 Å². The van der Waals surface area contributed by atoms with Gasteiger partial charge in [0.2, 0.25) is 0 Å². The van der Waals surface area contributed by atoms with Gasteiger partial charge in [-0.25, -0.2) is 4.68 Å². The first kappa shape index (κ1) is 10.0. The molecule has 3 heterocycles. The zero-order valence-electron chi connectivity index (χ0n) is 9.43. The Morgan fingerprint density at radius 3 is 3.00 bits per heavy atom. The lowest BCUT2D eigenvalue weighted by atomic mass is 10.2. The molecular formula is C10H16N4O2. The molecule has 0 aromatic carbocycles. The summed E-state index contributed by atoms with van der Waals surface area (Å²) < 4.78 is 13.3. The van der Waals surface area contributed by atoms with Gasteiger partial charge in [-0.3, -0.25) is 0 Å². The van der Waals surface area contributed by atoms with E-state index in [4.69, 9.17) is 9.47 Å². The van der Waals surface area contributed by atoms with Crippen LogP contribution in [0.5, 0.6) is 0 Å². The van der Waals surface area contributed by atoms with Crippen molar-refractivity contribution in [1.82, 2.24) is 15.0 Å². The minimum atomic E-state index is -0.372. The zero-order chi connectivity index (χ0) is 11.0. The molecule has 0 unspecified atom stereocenters. The van der Waals surface area contributed by atoms with E-state index in [0.717, 1.165) is 31.9 Å². The number of nitrogens with zero attached hydrogens (tertiary/aromatic N) is 4. The number of rotatable bonds is 2. The second-order valence-electron chi connectivity index (χ2n) is 4.19. The third kappa shape index (κ3) is 1.49. The molecule has 0 aliphatic carbocycles. The molecule has 16 heavy (non-hydrogen) atoms. The summed E-state index contributed by atoms with van der Waals surface area (Å²) in [5.41, 5.74) is 0. The average Bonchev–Trinajstić information content (AvgIpc) is 3.01. The van der Waals surface area contributed by atoms with Crippen molar-refractivity contribution >= 4 is 5.82 Å². The lowest BCUT2D eigenvalue weighted by molar-refractivity contribution is -0.137. The van der Waals surface area contributed by atoms with E-state index in [0.29, 0.717) is 13.2 Å². The third-order valence-electron chi connectivity index (χ3n) is 3.23. The van der Waals surface area contributed by atoms with Crippen LogP contribution in [0.15, 0.2) is 6.20 Å². The van der Waals surface area contributed by atoms with E-state index in [1.165, 1.54) is 0 Å². The molecule has 0 amide bonds. The van der Waals surface area contributed by atoms with E-state index < -0.39 is 0 Å². The quantitative estimate of drug-likeness (QED) is 0.721. The van der Waals surface area contributed by atoms with E-state index in [2.05, 4.69) is 22.1 Å². The van der Waals surface area contributed by atoms with Crippen LogP contribution < -0.4 is 4.90 Å². The van der Waals surface area contributed by atoms with Gasteiger partial charge in [-0.15, -0.1) is 5.10 Å². The maximum absolute atomic E-state index is 5.69. The van der Waals surface area contributed by atoms with Gasteiger partial charge in [0.05, 0.1) is 26.0 Å². The van der Waals surface area contributed by atoms with Gasteiger partial charge in [0.1, 0.15) is 5.82 Å². The van der Waals surface area contributed by atoms with Crippen LogP contribution in [0.1, 0.15) is 13.3 Å². The molecular weight excluding hydrogens is 208 g/mol. The van der Waals surface area contributed by atoms with Crippen LogP contribution in [0.25, 0.3) is 0 Å². The Hall–Kier alpha value is -1.14. The maximum atomic E-state index is 5.69. The summed E-state index contributed by atoms with van der Waals surface area (Å²) in [5.74, 6) is 0.682. The molecule has 1 aromatic heterocycles. The summed E-state index contributed by atoms with van der Waals surface area (Å²) in [6, 6.07) is 0. The molecule has 0 N–H and O–H groups in total. The molecule has 2 saturated heterocycles. The van der Waals surface area contributed by atoms with Gasteiger partial charge in [0, 0.05) is 19.5 Å². The predicted octanol–water partition coefficient (Wildman–Crippen LogP) is 0.251. The van der Waals surface area contributed by atoms with Crippen molar-refractivity contribution in [3.05, 3.63) is 6.20 Å². The highest BCUT2D eigenvalue weighted by Crippen LogP contribution is 2.32. The van der Waals surface area contributed by atoms with Crippen molar-refractivity contribution in [2.45, 2.75) is 25.7 Å². The highest BCUT2D eigenvalue weighted by atomic mass is 16.7. The van der Waals surface area contributed by atoms with E-state index in [9.17, 15) is 0 Å². The molecule has 6 nitrogen and oxygen atoms in total. The first-order valence-electron chi connectivity index (χ1n) is 5.74. The van der Waals surface area contributed by atoms with Gasteiger partial charge in [-0.2, -0.15) is 0 Å². The van der Waals surface area contributed by atoms with Crippen molar-refractivity contribution < 1.29 is 9.47 Å². The second kappa shape index (κ2) is 3.71. The summed E-state index contributed by atoms with van der Waals surface area (Å²) in [7, 11) is 0. The molecule has 88 valence electrons. The Morgan fingerprint density at radius 2 is 2.25 bits per heavy atom. The van der Waals surface area contributed by atoms with E-state index >= 15 is 0 Å². The predicted molar refractivity (Wildman–Crippen MR) is 57.2 cm³/mol. The van der Waals surface area contributed by atoms with Crippen LogP contribution >= 0.6 is 0 Å². The van der Waals surface area contributed by atoms with Gasteiger partial charge in [-0.1, -0.05) is 5.21 Å². The Bertz CT molecular complexity index is 373. The molecule has 2 fully saturated rings. The summed E-state index contributed by atoms with van der Waals surface area (Å²) in [6.07, 6.45) is 2.72. The first-order chi connectivity index (χ1) is 7.83. The SMILES string of the molecule is CCn1nncc1N1CCC2(C1)OCCO2. The first-order valence-corrected chi connectivity index (χ1v) is 5.74. The minimum absolute atomic E-state index is 0.372. The standard InChI is InChI=1S/C10H16N4O2/c1-2-14-9(7-11-12-14)13-4-3-10(8-13)15-5-6-16-10/h7H,2-6,8H2,1H3. The highest BCUT2D eigenvalue weighted by Gasteiger charge is 2.44. The lowest BCUT2D eigenvalue weighted by Gasteiger charge is -2.23. The van der Waals surface area contributed by atoms with Crippen molar-refractivity contribution in [3.63, 3.8) is 0 Å². The summed E-state index contributed by atoms with van der Waals surface area (Å²) in [6.45, 7) is 6.03. The van der Waals surface area contributed by atoms with Gasteiger partial charge in [-0.05, 0) is 6.92 Å². The fourth-order valence-electron chi connectivity index (χ4n) is 2.40. The number of ether oxygens (including phenoxy) is 2. The fraction of sp³-hybridized carbons (Fsp3) is 0.800. The normalized spacial score (nSPS) is 23.4. The van der Waals surface area contributed by atoms with Gasteiger partial charge < -0.3 is 14.4 Å². The van der Waals surface area contributed by atoms with E-state index in [1.54, 1.807) is 6.20 Å². The van der Waals surface area contributed by atoms with E-state index in [1.807, 2.05) is 4.68 Å². The molecule has 0 bridgehead atoms. The Kier molecular flexibility index (Phi) is 2.33. The van der Waals surface area contributed by atoms with Gasteiger partial charge >= 0.3 is 0 Å². The molecule has 1 aromatic rings. The zero-order valence-corrected chi connectivity index (χ0v) is 9.43.